The van der Waals surface area contributed by atoms with E-state index in [-0.39, 0.29) is 0 Å². The fourth-order valence-corrected chi connectivity index (χ4v) is 1.73. The molecule has 0 spiro atoms. The lowest BCUT2D eigenvalue weighted by molar-refractivity contribution is 0.159. The van der Waals surface area contributed by atoms with Gasteiger partial charge in [0.25, 0.3) is 5.95 Å². The Hall–Kier alpha value is -0.920. The lowest BCUT2D eigenvalue weighted by Gasteiger charge is -2.18. The minimum Gasteiger partial charge on any atom is -0.428 e. The maximum absolute atomic E-state index is 5.45. The third-order valence-corrected chi connectivity index (χ3v) is 2.42. The van der Waals surface area contributed by atoms with E-state index in [2.05, 4.69) is 27.4 Å². The highest BCUT2D eigenvalue weighted by Crippen LogP contribution is 2.34. The summed E-state index contributed by atoms with van der Waals surface area (Å²) in [6.07, 6.45) is 1.07. The molecule has 1 aliphatic heterocycles. The van der Waals surface area contributed by atoms with Crippen LogP contribution in [0.3, 0.4) is 0 Å². The molecule has 0 saturated heterocycles. The second kappa shape index (κ2) is 3.86. The molecule has 0 N–H and O–H groups in total. The summed E-state index contributed by atoms with van der Waals surface area (Å²) in [5.74, 6) is 3.25. The summed E-state index contributed by atoms with van der Waals surface area (Å²) < 4.78 is 10.7. The maximum Gasteiger partial charge on any atom is 0.282 e. The molecule has 0 radical (unpaired) electrons. The predicted octanol–water partition coefficient (Wildman–Crippen LogP) is 3.42. The smallest absolute Gasteiger partial charge is 0.282 e. The number of hydrogen-bond donors (Lipinski definition) is 0. The monoisotopic (exact) mass is 182 g/mol. The molecule has 0 bridgehead atoms. The topological polar surface area (TPSA) is 18.5 Å². The van der Waals surface area contributed by atoms with E-state index < -0.39 is 0 Å². The molecule has 1 atom stereocenters. The molecule has 1 unspecified atom stereocenters. The van der Waals surface area contributed by atoms with Crippen molar-refractivity contribution in [2.24, 2.45) is 11.8 Å². The van der Waals surface area contributed by atoms with Gasteiger partial charge >= 0.3 is 0 Å². The zero-order chi connectivity index (χ0) is 10.0. The SMILES string of the molecule is C=C1OC(C)=C(C(CC)C(C)C)O1. The van der Waals surface area contributed by atoms with E-state index in [9.17, 15) is 0 Å². The molecule has 0 aliphatic carbocycles. The second-order valence-electron chi connectivity index (χ2n) is 3.76. The minimum absolute atomic E-state index is 0.409. The Morgan fingerprint density at radius 1 is 1.31 bits per heavy atom. The number of hydrogen-bond acceptors (Lipinski definition) is 2. The van der Waals surface area contributed by atoms with Crippen LogP contribution in [-0.2, 0) is 9.47 Å². The average molecular weight is 182 g/mol. The van der Waals surface area contributed by atoms with Crippen molar-refractivity contribution < 1.29 is 9.47 Å². The fourth-order valence-electron chi connectivity index (χ4n) is 1.73. The molecule has 13 heavy (non-hydrogen) atoms. The minimum atomic E-state index is 0.409. The highest BCUT2D eigenvalue weighted by molar-refractivity contribution is 5.12. The van der Waals surface area contributed by atoms with Crippen molar-refractivity contribution in [3.8, 4) is 0 Å². The third kappa shape index (κ3) is 2.06. The van der Waals surface area contributed by atoms with Gasteiger partial charge < -0.3 is 9.47 Å². The van der Waals surface area contributed by atoms with Crippen molar-refractivity contribution in [3.63, 3.8) is 0 Å². The van der Waals surface area contributed by atoms with Gasteiger partial charge in [-0.05, 0) is 25.8 Å². The first kappa shape index (κ1) is 10.2. The standard InChI is InChI=1S/C11H18O2/c1-6-10(7(2)3)11-8(4)12-9(5)13-11/h7,10H,5-6H2,1-4H3. The van der Waals surface area contributed by atoms with Crippen molar-refractivity contribution >= 4 is 0 Å². The number of ether oxygens (including phenoxy) is 2. The van der Waals surface area contributed by atoms with Crippen LogP contribution < -0.4 is 0 Å². The maximum atomic E-state index is 5.45. The molecule has 1 aliphatic rings. The Bertz CT molecular complexity index is 238. The van der Waals surface area contributed by atoms with Crippen LogP contribution in [0.5, 0.6) is 0 Å². The molecule has 2 nitrogen and oxygen atoms in total. The van der Waals surface area contributed by atoms with Gasteiger partial charge in [0.2, 0.25) is 0 Å². The molecule has 0 aromatic rings. The van der Waals surface area contributed by atoms with E-state index in [4.69, 9.17) is 9.47 Å². The third-order valence-electron chi connectivity index (χ3n) is 2.42. The first-order chi connectivity index (χ1) is 6.06. The van der Waals surface area contributed by atoms with E-state index in [0.717, 1.165) is 17.9 Å². The molecule has 1 heterocycles. The van der Waals surface area contributed by atoms with E-state index in [1.807, 2.05) is 6.92 Å². The van der Waals surface area contributed by atoms with Crippen LogP contribution in [0.2, 0.25) is 0 Å². The summed E-state index contributed by atoms with van der Waals surface area (Å²) in [7, 11) is 0. The van der Waals surface area contributed by atoms with Crippen molar-refractivity contribution in [2.45, 2.75) is 34.1 Å². The summed E-state index contributed by atoms with van der Waals surface area (Å²) in [5.41, 5.74) is 0. The largest absolute Gasteiger partial charge is 0.428 e. The number of rotatable bonds is 3. The van der Waals surface area contributed by atoms with E-state index >= 15 is 0 Å². The van der Waals surface area contributed by atoms with Crippen LogP contribution in [-0.4, -0.2) is 0 Å². The van der Waals surface area contributed by atoms with Crippen LogP contribution in [0.1, 0.15) is 34.1 Å². The summed E-state index contributed by atoms with van der Waals surface area (Å²) in [5, 5.41) is 0. The van der Waals surface area contributed by atoms with Gasteiger partial charge in [0.1, 0.15) is 11.5 Å². The van der Waals surface area contributed by atoms with E-state index in [0.29, 0.717) is 17.8 Å². The van der Waals surface area contributed by atoms with Crippen molar-refractivity contribution in [2.75, 3.05) is 0 Å². The molecule has 2 heteroatoms. The fraction of sp³-hybridized carbons (Fsp3) is 0.636. The summed E-state index contributed by atoms with van der Waals surface area (Å²) in [4.78, 5) is 0. The summed E-state index contributed by atoms with van der Waals surface area (Å²) in [6.45, 7) is 12.1. The van der Waals surface area contributed by atoms with E-state index in [1.165, 1.54) is 0 Å². The molecule has 0 aromatic heterocycles. The highest BCUT2D eigenvalue weighted by Gasteiger charge is 2.27. The van der Waals surface area contributed by atoms with Gasteiger partial charge in [-0.2, -0.15) is 0 Å². The van der Waals surface area contributed by atoms with Crippen molar-refractivity contribution in [1.82, 2.24) is 0 Å². The van der Waals surface area contributed by atoms with Gasteiger partial charge in [-0.3, -0.25) is 0 Å². The molecular weight excluding hydrogens is 164 g/mol. The average Bonchev–Trinajstić information content (AvgIpc) is 2.31. The van der Waals surface area contributed by atoms with Crippen LogP contribution in [0, 0.1) is 11.8 Å². The Morgan fingerprint density at radius 2 is 1.92 bits per heavy atom. The summed E-state index contributed by atoms with van der Waals surface area (Å²) in [6, 6.07) is 0. The lowest BCUT2D eigenvalue weighted by atomic mass is 9.91. The van der Waals surface area contributed by atoms with Crippen molar-refractivity contribution in [1.29, 1.82) is 0 Å². The zero-order valence-electron chi connectivity index (χ0n) is 8.89. The van der Waals surface area contributed by atoms with Gasteiger partial charge in [0.05, 0.1) is 0 Å². The van der Waals surface area contributed by atoms with Gasteiger partial charge in [-0.1, -0.05) is 20.8 Å². The lowest BCUT2D eigenvalue weighted by Crippen LogP contribution is -2.11. The predicted molar refractivity (Wildman–Crippen MR) is 52.6 cm³/mol. The highest BCUT2D eigenvalue weighted by atomic mass is 16.7. The molecule has 0 aromatic carbocycles. The molecule has 0 amide bonds. The zero-order valence-corrected chi connectivity index (χ0v) is 8.89. The van der Waals surface area contributed by atoms with Gasteiger partial charge in [-0.15, -0.1) is 0 Å². The Morgan fingerprint density at radius 3 is 2.23 bits per heavy atom. The second-order valence-corrected chi connectivity index (χ2v) is 3.76. The quantitative estimate of drug-likeness (QED) is 0.665. The summed E-state index contributed by atoms with van der Waals surface area (Å²) >= 11 is 0. The van der Waals surface area contributed by atoms with Gasteiger partial charge in [0, 0.05) is 5.92 Å². The molecular formula is C11H18O2. The van der Waals surface area contributed by atoms with Crippen LogP contribution in [0.25, 0.3) is 0 Å². The first-order valence-electron chi connectivity index (χ1n) is 4.81. The number of allylic oxidation sites excluding steroid dienone is 2. The van der Waals surface area contributed by atoms with Crippen LogP contribution >= 0.6 is 0 Å². The Kier molecular flexibility index (Phi) is 3.02. The Balaban J connectivity index is 2.80. The Labute approximate surface area is 80.2 Å². The van der Waals surface area contributed by atoms with Crippen LogP contribution in [0.15, 0.2) is 24.0 Å². The molecule has 1 rings (SSSR count). The normalized spacial score (nSPS) is 19.0. The van der Waals surface area contributed by atoms with Crippen LogP contribution in [0.4, 0.5) is 0 Å². The van der Waals surface area contributed by atoms with Gasteiger partial charge in [0.15, 0.2) is 0 Å². The first-order valence-corrected chi connectivity index (χ1v) is 4.81. The van der Waals surface area contributed by atoms with Crippen molar-refractivity contribution in [3.05, 3.63) is 24.0 Å². The molecule has 74 valence electrons. The molecule has 0 saturated carbocycles. The van der Waals surface area contributed by atoms with Gasteiger partial charge in [-0.25, -0.2) is 0 Å². The molecule has 0 fully saturated rings. The van der Waals surface area contributed by atoms with E-state index in [1.54, 1.807) is 0 Å².